The number of ether oxygens (including phenoxy) is 1. The minimum Gasteiger partial charge on any atom is -0.466 e. The van der Waals surface area contributed by atoms with E-state index in [1.54, 1.807) is 0 Å². The zero-order chi connectivity index (χ0) is 47.9. The van der Waals surface area contributed by atoms with E-state index in [4.69, 9.17) is 4.74 Å². The SMILES string of the molecule is CCCCCCCCCCCCCCCCCCCCCC(=O)OCCCCC/C=C\C/C=C\CCCCCCCCCC(=O)NC(CO)C(O)CCCCCCCCCCCCCCC. The zero-order valence-electron chi connectivity index (χ0n) is 44.4. The van der Waals surface area contributed by atoms with Crippen molar-refractivity contribution in [2.75, 3.05) is 13.2 Å². The Morgan fingerprint density at radius 3 is 1.15 bits per heavy atom. The van der Waals surface area contributed by atoms with E-state index in [1.165, 1.54) is 205 Å². The minimum atomic E-state index is -0.674. The van der Waals surface area contributed by atoms with Gasteiger partial charge in [0.1, 0.15) is 0 Å². The quantitative estimate of drug-likeness (QED) is 0.0321. The van der Waals surface area contributed by atoms with Gasteiger partial charge in [-0.2, -0.15) is 0 Å². The maximum absolute atomic E-state index is 12.5. The fraction of sp³-hybridized carbons (Fsp3) is 0.900. The summed E-state index contributed by atoms with van der Waals surface area (Å²) in [4.78, 5) is 24.5. The van der Waals surface area contributed by atoms with E-state index in [2.05, 4.69) is 43.5 Å². The standard InChI is InChI=1S/C60H115NO5/c1-3-5-7-9-11-13-15-17-18-19-20-23-26-30-34-38-42-46-50-54-60(65)66-55-51-47-43-39-35-31-27-24-21-22-25-29-33-37-41-45-49-53-59(64)61-57(56-62)58(63)52-48-44-40-36-32-28-16-14-12-10-8-6-4-2/h21,24,31,35,57-58,62-63H,3-20,22-23,25-30,32-34,36-56H2,1-2H3,(H,61,64)/b24-21-,35-31-. The number of aliphatic hydroxyl groups is 2. The van der Waals surface area contributed by atoms with Gasteiger partial charge in [-0.05, 0) is 64.2 Å². The van der Waals surface area contributed by atoms with Crippen LogP contribution in [0.5, 0.6) is 0 Å². The Morgan fingerprint density at radius 2 is 0.758 bits per heavy atom. The molecule has 0 bridgehead atoms. The molecule has 0 aromatic rings. The summed E-state index contributed by atoms with van der Waals surface area (Å²) in [6.07, 6.45) is 67.5. The fourth-order valence-electron chi connectivity index (χ4n) is 9.20. The van der Waals surface area contributed by atoms with Crippen molar-refractivity contribution in [1.29, 1.82) is 0 Å². The van der Waals surface area contributed by atoms with Gasteiger partial charge in [0.2, 0.25) is 5.91 Å². The Morgan fingerprint density at radius 1 is 0.424 bits per heavy atom. The monoisotopic (exact) mass is 930 g/mol. The van der Waals surface area contributed by atoms with Crippen LogP contribution < -0.4 is 5.32 Å². The third kappa shape index (κ3) is 51.7. The van der Waals surface area contributed by atoms with Crippen LogP contribution in [-0.2, 0) is 14.3 Å². The van der Waals surface area contributed by atoms with Crippen LogP contribution in [0.3, 0.4) is 0 Å². The molecule has 0 aliphatic heterocycles. The van der Waals surface area contributed by atoms with Gasteiger partial charge in [0.05, 0.1) is 25.4 Å². The lowest BCUT2D eigenvalue weighted by molar-refractivity contribution is -0.143. The molecule has 0 radical (unpaired) electrons. The second-order valence-electron chi connectivity index (χ2n) is 20.3. The lowest BCUT2D eigenvalue weighted by atomic mass is 10.0. The maximum Gasteiger partial charge on any atom is 0.305 e. The fourth-order valence-corrected chi connectivity index (χ4v) is 9.20. The van der Waals surface area contributed by atoms with Crippen molar-refractivity contribution in [2.24, 2.45) is 0 Å². The van der Waals surface area contributed by atoms with Gasteiger partial charge in [-0.25, -0.2) is 0 Å². The number of nitrogens with one attached hydrogen (secondary N) is 1. The summed E-state index contributed by atoms with van der Waals surface area (Å²) in [5, 5.41) is 23.2. The van der Waals surface area contributed by atoms with Gasteiger partial charge in [-0.15, -0.1) is 0 Å². The first-order valence-corrected chi connectivity index (χ1v) is 29.6. The number of hydrogen-bond donors (Lipinski definition) is 3. The van der Waals surface area contributed by atoms with Crippen LogP contribution in [0.15, 0.2) is 24.3 Å². The van der Waals surface area contributed by atoms with Crippen LogP contribution in [-0.4, -0.2) is 47.4 Å². The number of esters is 1. The van der Waals surface area contributed by atoms with Crippen molar-refractivity contribution < 1.29 is 24.5 Å². The van der Waals surface area contributed by atoms with E-state index >= 15 is 0 Å². The molecule has 0 aliphatic rings. The minimum absolute atomic E-state index is 0.0105. The number of aliphatic hydroxyl groups excluding tert-OH is 2. The summed E-state index contributed by atoms with van der Waals surface area (Å²) in [7, 11) is 0. The van der Waals surface area contributed by atoms with E-state index in [9.17, 15) is 19.8 Å². The highest BCUT2D eigenvalue weighted by molar-refractivity contribution is 5.76. The van der Waals surface area contributed by atoms with E-state index in [0.29, 0.717) is 25.9 Å². The topological polar surface area (TPSA) is 95.9 Å². The van der Waals surface area contributed by atoms with E-state index in [-0.39, 0.29) is 18.5 Å². The van der Waals surface area contributed by atoms with E-state index < -0.39 is 12.1 Å². The molecular weight excluding hydrogens is 815 g/mol. The summed E-state index contributed by atoms with van der Waals surface area (Å²) in [5.74, 6) is -0.0608. The first-order chi connectivity index (χ1) is 32.5. The van der Waals surface area contributed by atoms with Gasteiger partial charge in [0.15, 0.2) is 0 Å². The van der Waals surface area contributed by atoms with E-state index in [1.807, 2.05) is 0 Å². The van der Waals surface area contributed by atoms with Gasteiger partial charge in [-0.1, -0.05) is 269 Å². The largest absolute Gasteiger partial charge is 0.466 e. The lowest BCUT2D eigenvalue weighted by Gasteiger charge is -2.22. The number of amides is 1. The molecule has 66 heavy (non-hydrogen) atoms. The number of carbonyl (C=O) groups is 2. The Balaban J connectivity index is 3.46. The van der Waals surface area contributed by atoms with Crippen molar-refractivity contribution in [3.8, 4) is 0 Å². The van der Waals surface area contributed by atoms with Crippen LogP contribution >= 0.6 is 0 Å². The number of unbranched alkanes of at least 4 members (excludes halogenated alkanes) is 40. The molecule has 0 rings (SSSR count). The molecule has 0 saturated carbocycles. The zero-order valence-corrected chi connectivity index (χ0v) is 44.4. The molecule has 0 aliphatic carbocycles. The molecule has 3 N–H and O–H groups in total. The summed E-state index contributed by atoms with van der Waals surface area (Å²) in [6.45, 7) is 4.92. The molecule has 2 unspecified atom stereocenters. The van der Waals surface area contributed by atoms with Gasteiger partial charge in [-0.3, -0.25) is 9.59 Å². The van der Waals surface area contributed by atoms with E-state index in [0.717, 1.165) is 83.5 Å². The van der Waals surface area contributed by atoms with Crippen LogP contribution in [0.4, 0.5) is 0 Å². The highest BCUT2D eigenvalue weighted by Gasteiger charge is 2.20. The molecule has 0 spiro atoms. The van der Waals surface area contributed by atoms with Gasteiger partial charge in [0.25, 0.3) is 0 Å². The van der Waals surface area contributed by atoms with Crippen molar-refractivity contribution in [1.82, 2.24) is 5.32 Å². The number of carbonyl (C=O) groups excluding carboxylic acids is 2. The highest BCUT2D eigenvalue weighted by atomic mass is 16.5. The summed E-state index contributed by atoms with van der Waals surface area (Å²) in [6, 6.07) is -0.552. The summed E-state index contributed by atoms with van der Waals surface area (Å²) >= 11 is 0. The average Bonchev–Trinajstić information content (AvgIpc) is 3.32. The van der Waals surface area contributed by atoms with Crippen molar-refractivity contribution in [3.63, 3.8) is 0 Å². The Kier molecular flexibility index (Phi) is 54.5. The van der Waals surface area contributed by atoms with Crippen LogP contribution in [0, 0.1) is 0 Å². The Hall–Kier alpha value is -1.66. The molecule has 1 amide bonds. The predicted molar refractivity (Wildman–Crippen MR) is 287 cm³/mol. The average molecular weight is 931 g/mol. The number of rotatable bonds is 55. The normalized spacial score (nSPS) is 12.7. The van der Waals surface area contributed by atoms with Crippen molar-refractivity contribution >= 4 is 11.9 Å². The van der Waals surface area contributed by atoms with Gasteiger partial charge < -0.3 is 20.3 Å². The molecule has 0 saturated heterocycles. The van der Waals surface area contributed by atoms with Crippen LogP contribution in [0.2, 0.25) is 0 Å². The second-order valence-corrected chi connectivity index (χ2v) is 20.3. The highest BCUT2D eigenvalue weighted by Crippen LogP contribution is 2.17. The molecule has 0 aromatic carbocycles. The number of hydrogen-bond acceptors (Lipinski definition) is 5. The predicted octanol–water partition coefficient (Wildman–Crippen LogP) is 18.2. The molecular formula is C60H115NO5. The first-order valence-electron chi connectivity index (χ1n) is 29.6. The molecule has 0 fully saturated rings. The Bertz CT molecular complexity index is 1030. The van der Waals surface area contributed by atoms with Gasteiger partial charge >= 0.3 is 5.97 Å². The lowest BCUT2D eigenvalue weighted by Crippen LogP contribution is -2.45. The van der Waals surface area contributed by atoms with Gasteiger partial charge in [0, 0.05) is 12.8 Å². The smallest absolute Gasteiger partial charge is 0.305 e. The molecule has 0 aromatic heterocycles. The van der Waals surface area contributed by atoms with Crippen LogP contribution in [0.1, 0.15) is 322 Å². The van der Waals surface area contributed by atoms with Crippen LogP contribution in [0.25, 0.3) is 0 Å². The molecule has 0 heterocycles. The molecule has 6 heteroatoms. The van der Waals surface area contributed by atoms with Crippen molar-refractivity contribution in [3.05, 3.63) is 24.3 Å². The molecule has 6 nitrogen and oxygen atoms in total. The Labute approximate surface area is 411 Å². The first kappa shape index (κ1) is 64.3. The second kappa shape index (κ2) is 55.9. The third-order valence-corrected chi connectivity index (χ3v) is 13.8. The maximum atomic E-state index is 12.5. The molecule has 390 valence electrons. The summed E-state index contributed by atoms with van der Waals surface area (Å²) in [5.41, 5.74) is 0. The number of allylic oxidation sites excluding steroid dienone is 4. The summed E-state index contributed by atoms with van der Waals surface area (Å²) < 4.78 is 5.47. The third-order valence-electron chi connectivity index (χ3n) is 13.8. The molecule has 2 atom stereocenters. The van der Waals surface area contributed by atoms with Crippen molar-refractivity contribution in [2.45, 2.75) is 334 Å².